The number of hydrogen-bond acceptors (Lipinski definition) is 4. The summed E-state index contributed by atoms with van der Waals surface area (Å²) in [6.45, 7) is 4.38. The molecule has 0 bridgehead atoms. The van der Waals surface area contributed by atoms with Crippen molar-refractivity contribution in [2.24, 2.45) is 5.92 Å². The second kappa shape index (κ2) is 8.53. The van der Waals surface area contributed by atoms with Gasteiger partial charge in [-0.2, -0.15) is 13.2 Å². The third-order valence-electron chi connectivity index (χ3n) is 6.29. The Morgan fingerprint density at radius 1 is 1.10 bits per heavy atom. The van der Waals surface area contributed by atoms with Crippen molar-refractivity contribution in [2.45, 2.75) is 71.2 Å². The predicted octanol–water partition coefficient (Wildman–Crippen LogP) is 5.92. The average Bonchev–Trinajstić information content (AvgIpc) is 3.16. The number of aryl methyl sites for hydroxylation is 1. The van der Waals surface area contributed by atoms with E-state index in [1.165, 1.54) is 32.3 Å². The van der Waals surface area contributed by atoms with Crippen molar-refractivity contribution in [1.82, 2.24) is 9.97 Å². The topological polar surface area (TPSA) is 47.0 Å². The molecule has 1 aromatic heterocycles. The first kappa shape index (κ1) is 21.1. The molecule has 0 amide bonds. The zero-order valence-electron chi connectivity index (χ0n) is 17.5. The molecule has 1 saturated carbocycles. The maximum absolute atomic E-state index is 13.3. The molecular weight excluding hydrogens is 391 g/mol. The van der Waals surface area contributed by atoms with Crippen LogP contribution in [0.5, 0.6) is 0 Å². The fraction of sp³-hybridized carbons (Fsp3) is 0.565. The number of rotatable bonds is 6. The predicted molar refractivity (Wildman–Crippen MR) is 109 cm³/mol. The normalized spacial score (nSPS) is 19.7. The monoisotopic (exact) mass is 419 g/mol. The van der Waals surface area contributed by atoms with Crippen LogP contribution in [0.15, 0.2) is 18.2 Å². The van der Waals surface area contributed by atoms with Crippen LogP contribution in [0.1, 0.15) is 72.0 Å². The fourth-order valence-corrected chi connectivity index (χ4v) is 4.40. The van der Waals surface area contributed by atoms with Crippen LogP contribution < -0.4 is 5.32 Å². The molecule has 2 aromatic rings. The van der Waals surface area contributed by atoms with E-state index in [0.29, 0.717) is 29.7 Å². The van der Waals surface area contributed by atoms with Crippen LogP contribution in [0.3, 0.4) is 0 Å². The lowest BCUT2D eigenvalue weighted by Crippen LogP contribution is -2.19. The smallest absolute Gasteiger partial charge is 0.373 e. The van der Waals surface area contributed by atoms with E-state index >= 15 is 0 Å². The molecule has 1 aliphatic carbocycles. The van der Waals surface area contributed by atoms with Gasteiger partial charge >= 0.3 is 6.18 Å². The summed E-state index contributed by atoms with van der Waals surface area (Å²) in [7, 11) is 0. The van der Waals surface area contributed by atoms with Crippen LogP contribution in [-0.4, -0.2) is 16.6 Å². The molecule has 2 aliphatic rings. The quantitative estimate of drug-likeness (QED) is 0.632. The number of benzene rings is 1. The van der Waals surface area contributed by atoms with E-state index in [1.807, 2.05) is 6.92 Å². The molecule has 4 rings (SSSR count). The number of aromatic nitrogens is 2. The van der Waals surface area contributed by atoms with Crippen molar-refractivity contribution in [2.75, 3.05) is 11.9 Å². The third-order valence-corrected chi connectivity index (χ3v) is 6.29. The summed E-state index contributed by atoms with van der Waals surface area (Å²) in [4.78, 5) is 9.36. The lowest BCUT2D eigenvalue weighted by atomic mass is 9.81. The SMILES string of the molecule is Cc1nc(CC2CCC2)c(C2CCCO2)c(NCc2cccc(C(F)(F)F)c2C)n1. The van der Waals surface area contributed by atoms with Gasteiger partial charge in [0.2, 0.25) is 0 Å². The highest BCUT2D eigenvalue weighted by molar-refractivity contribution is 5.50. The first-order valence-electron chi connectivity index (χ1n) is 10.7. The highest BCUT2D eigenvalue weighted by Crippen LogP contribution is 2.38. The molecule has 1 saturated heterocycles. The summed E-state index contributed by atoms with van der Waals surface area (Å²) in [5.41, 5.74) is 2.29. The second-order valence-corrected chi connectivity index (χ2v) is 8.42. The lowest BCUT2D eigenvalue weighted by molar-refractivity contribution is -0.138. The van der Waals surface area contributed by atoms with E-state index < -0.39 is 11.7 Å². The summed E-state index contributed by atoms with van der Waals surface area (Å²) >= 11 is 0. The van der Waals surface area contributed by atoms with Gasteiger partial charge in [-0.3, -0.25) is 0 Å². The Bertz CT molecular complexity index is 903. The number of nitrogens with one attached hydrogen (secondary N) is 1. The van der Waals surface area contributed by atoms with Gasteiger partial charge in [0.1, 0.15) is 11.6 Å². The van der Waals surface area contributed by atoms with Gasteiger partial charge in [-0.15, -0.1) is 0 Å². The lowest BCUT2D eigenvalue weighted by Gasteiger charge is -2.27. The maximum atomic E-state index is 13.3. The highest BCUT2D eigenvalue weighted by Gasteiger charge is 2.33. The molecule has 0 radical (unpaired) electrons. The molecule has 30 heavy (non-hydrogen) atoms. The Morgan fingerprint density at radius 3 is 2.53 bits per heavy atom. The molecule has 1 atom stereocenters. The van der Waals surface area contributed by atoms with Gasteiger partial charge in [0.15, 0.2) is 0 Å². The van der Waals surface area contributed by atoms with Crippen LogP contribution in [-0.2, 0) is 23.9 Å². The van der Waals surface area contributed by atoms with Gasteiger partial charge in [0.25, 0.3) is 0 Å². The van der Waals surface area contributed by atoms with E-state index in [-0.39, 0.29) is 18.2 Å². The van der Waals surface area contributed by atoms with E-state index in [4.69, 9.17) is 9.72 Å². The first-order valence-corrected chi connectivity index (χ1v) is 10.7. The van der Waals surface area contributed by atoms with Crippen molar-refractivity contribution in [1.29, 1.82) is 0 Å². The van der Waals surface area contributed by atoms with Crippen LogP contribution in [0, 0.1) is 19.8 Å². The molecule has 7 heteroatoms. The average molecular weight is 419 g/mol. The molecule has 1 N–H and O–H groups in total. The summed E-state index contributed by atoms with van der Waals surface area (Å²) in [6.07, 6.45) is 2.13. The fourth-order valence-electron chi connectivity index (χ4n) is 4.40. The zero-order valence-corrected chi connectivity index (χ0v) is 17.5. The van der Waals surface area contributed by atoms with E-state index in [2.05, 4.69) is 10.3 Å². The first-order chi connectivity index (χ1) is 14.3. The molecule has 1 unspecified atom stereocenters. The van der Waals surface area contributed by atoms with Crippen molar-refractivity contribution < 1.29 is 17.9 Å². The maximum Gasteiger partial charge on any atom is 0.416 e. The molecule has 1 aromatic carbocycles. The molecule has 2 heterocycles. The minimum absolute atomic E-state index is 0.0502. The van der Waals surface area contributed by atoms with Crippen LogP contribution in [0.25, 0.3) is 0 Å². The summed E-state index contributed by atoms with van der Waals surface area (Å²) < 4.78 is 45.8. The summed E-state index contributed by atoms with van der Waals surface area (Å²) in [5.74, 6) is 2.02. The molecule has 2 fully saturated rings. The van der Waals surface area contributed by atoms with Crippen LogP contribution >= 0.6 is 0 Å². The Balaban J connectivity index is 1.63. The van der Waals surface area contributed by atoms with Gasteiger partial charge in [-0.1, -0.05) is 31.4 Å². The van der Waals surface area contributed by atoms with E-state index in [0.717, 1.165) is 36.6 Å². The Labute approximate surface area is 175 Å². The number of alkyl halides is 3. The minimum Gasteiger partial charge on any atom is -0.373 e. The zero-order chi connectivity index (χ0) is 21.3. The van der Waals surface area contributed by atoms with Crippen molar-refractivity contribution >= 4 is 5.82 Å². The van der Waals surface area contributed by atoms with Crippen molar-refractivity contribution in [3.05, 3.63) is 52.0 Å². The number of hydrogen-bond donors (Lipinski definition) is 1. The molecule has 0 spiro atoms. The van der Waals surface area contributed by atoms with Crippen molar-refractivity contribution in [3.8, 4) is 0 Å². The largest absolute Gasteiger partial charge is 0.416 e. The molecular formula is C23H28F3N3O. The number of anilines is 1. The Morgan fingerprint density at radius 2 is 1.90 bits per heavy atom. The molecule has 4 nitrogen and oxygen atoms in total. The minimum atomic E-state index is -4.36. The number of ether oxygens (including phenoxy) is 1. The highest BCUT2D eigenvalue weighted by atomic mass is 19.4. The third kappa shape index (κ3) is 4.46. The van der Waals surface area contributed by atoms with Gasteiger partial charge in [0.05, 0.1) is 17.4 Å². The molecule has 1 aliphatic heterocycles. The second-order valence-electron chi connectivity index (χ2n) is 8.42. The number of nitrogens with zero attached hydrogens (tertiary/aromatic N) is 2. The van der Waals surface area contributed by atoms with E-state index in [1.54, 1.807) is 6.07 Å². The standard InChI is InChI=1S/C23H28F3N3O/c1-14-17(8-4-9-18(14)23(24,25)26)13-27-22-21(20-10-5-11-30-20)19(28-15(2)29-22)12-16-6-3-7-16/h4,8-9,16,20H,3,5-7,10-13H2,1-2H3,(H,27,28,29). The molecule has 162 valence electrons. The van der Waals surface area contributed by atoms with Crippen molar-refractivity contribution in [3.63, 3.8) is 0 Å². The summed E-state index contributed by atoms with van der Waals surface area (Å²) in [5, 5.41) is 3.32. The van der Waals surface area contributed by atoms with Gasteiger partial charge in [-0.25, -0.2) is 9.97 Å². The summed E-state index contributed by atoms with van der Waals surface area (Å²) in [6, 6.07) is 4.32. The van der Waals surface area contributed by atoms with Crippen LogP contribution in [0.2, 0.25) is 0 Å². The van der Waals surface area contributed by atoms with Crippen LogP contribution in [0.4, 0.5) is 19.0 Å². The number of halogens is 3. The van der Waals surface area contributed by atoms with E-state index in [9.17, 15) is 13.2 Å². The Kier molecular flexibility index (Phi) is 6.00. The van der Waals surface area contributed by atoms with Gasteiger partial charge < -0.3 is 10.1 Å². The Hall–Kier alpha value is -2.15. The van der Waals surface area contributed by atoms with Gasteiger partial charge in [-0.05, 0) is 56.2 Å². The van der Waals surface area contributed by atoms with Gasteiger partial charge in [0, 0.05) is 18.7 Å².